The van der Waals surface area contributed by atoms with E-state index in [0.717, 1.165) is 15.9 Å². The summed E-state index contributed by atoms with van der Waals surface area (Å²) < 4.78 is 1.54. The first-order valence-corrected chi connectivity index (χ1v) is 10.3. The number of nitriles is 2. The maximum atomic E-state index is 13.1. The van der Waals surface area contributed by atoms with Crippen LogP contribution in [-0.2, 0) is 0 Å². The van der Waals surface area contributed by atoms with Gasteiger partial charge in [-0.1, -0.05) is 12.1 Å². The number of hydrogen-bond donors (Lipinski definition) is 1. The maximum absolute atomic E-state index is 13.1. The first kappa shape index (κ1) is 22.1. The molecule has 0 radical (unpaired) electrons. The lowest BCUT2D eigenvalue weighted by Crippen LogP contribution is -2.38. The maximum Gasteiger partial charge on any atom is 0.274 e. The SMILES string of the molecule is N#CC1=C(N)n2c(s/c(=C/c3ccc([N+](=O)[O-])cc3)c2=O)=C(C#N)C1c1ccc([N+](=O)[O-])cc1. The Morgan fingerprint density at radius 1 is 0.941 bits per heavy atom. The number of rotatable bonds is 4. The third kappa shape index (κ3) is 3.60. The third-order valence-electron chi connectivity index (χ3n) is 5.23. The van der Waals surface area contributed by atoms with E-state index in [1.165, 1.54) is 54.6 Å². The number of aromatic nitrogens is 1. The standard InChI is InChI=1S/C22H12N6O5S/c23-10-16-19(13-3-7-15(8-4-13)28(32)33)17(11-24)22-26(20(16)25)21(29)18(34-22)9-12-1-5-14(6-2-12)27(30)31/h1-9,19H,25H2/b18-9+. The fourth-order valence-electron chi connectivity index (χ4n) is 3.62. The van der Waals surface area contributed by atoms with Crippen LogP contribution in [0, 0.1) is 42.9 Å². The van der Waals surface area contributed by atoms with E-state index in [4.69, 9.17) is 5.73 Å². The molecule has 0 saturated carbocycles. The highest BCUT2D eigenvalue weighted by Gasteiger charge is 2.32. The van der Waals surface area contributed by atoms with E-state index >= 15 is 0 Å². The van der Waals surface area contributed by atoms with Crippen LogP contribution < -0.4 is 20.5 Å². The quantitative estimate of drug-likeness (QED) is 0.439. The summed E-state index contributed by atoms with van der Waals surface area (Å²) in [5.74, 6) is -1.04. The number of allylic oxidation sites excluding steroid dienone is 1. The van der Waals surface area contributed by atoms with Crippen LogP contribution in [-0.4, -0.2) is 14.4 Å². The molecule has 0 bridgehead atoms. The molecule has 1 aromatic heterocycles. The van der Waals surface area contributed by atoms with E-state index in [0.29, 0.717) is 11.1 Å². The van der Waals surface area contributed by atoms with Crippen molar-refractivity contribution in [2.24, 2.45) is 5.73 Å². The minimum absolute atomic E-state index is 0.0281. The van der Waals surface area contributed by atoms with Crippen LogP contribution in [0.4, 0.5) is 11.4 Å². The Balaban J connectivity index is 1.95. The summed E-state index contributed by atoms with van der Waals surface area (Å²) in [6.45, 7) is 0. The summed E-state index contributed by atoms with van der Waals surface area (Å²) >= 11 is 0.992. The number of nitro benzene ring substituents is 2. The number of non-ortho nitro benzene ring substituents is 2. The van der Waals surface area contributed by atoms with Crippen molar-refractivity contribution >= 4 is 40.2 Å². The Hall–Kier alpha value is -5.07. The molecule has 2 N–H and O–H groups in total. The highest BCUT2D eigenvalue weighted by atomic mass is 32.1. The topological polar surface area (TPSA) is 182 Å². The van der Waals surface area contributed by atoms with E-state index in [9.17, 15) is 35.5 Å². The number of thiazole rings is 1. The zero-order valence-corrected chi connectivity index (χ0v) is 17.9. The second-order valence-corrected chi connectivity index (χ2v) is 8.15. The number of nitro groups is 2. The Morgan fingerprint density at radius 3 is 1.97 bits per heavy atom. The number of fused-ring (bicyclic) bond motifs is 1. The van der Waals surface area contributed by atoms with E-state index in [1.54, 1.807) is 0 Å². The lowest BCUT2D eigenvalue weighted by atomic mass is 9.84. The van der Waals surface area contributed by atoms with Gasteiger partial charge in [0.2, 0.25) is 0 Å². The van der Waals surface area contributed by atoms with Gasteiger partial charge in [0.25, 0.3) is 16.9 Å². The normalized spacial score (nSPS) is 15.4. The van der Waals surface area contributed by atoms with Gasteiger partial charge in [-0.3, -0.25) is 29.6 Å². The monoisotopic (exact) mass is 472 g/mol. The molecular weight excluding hydrogens is 460 g/mol. The van der Waals surface area contributed by atoms with Gasteiger partial charge in [-0.25, -0.2) is 0 Å². The summed E-state index contributed by atoms with van der Waals surface area (Å²) in [6.07, 6.45) is 1.51. The number of benzene rings is 2. The van der Waals surface area contributed by atoms with E-state index < -0.39 is 21.3 Å². The van der Waals surface area contributed by atoms with Crippen LogP contribution in [0.2, 0.25) is 0 Å². The molecule has 12 heteroatoms. The van der Waals surface area contributed by atoms with Crippen LogP contribution in [0.15, 0.2) is 58.9 Å². The molecule has 0 spiro atoms. The third-order valence-corrected chi connectivity index (χ3v) is 6.34. The second kappa shape index (κ2) is 8.46. The average molecular weight is 472 g/mol. The minimum atomic E-state index is -0.902. The highest BCUT2D eigenvalue weighted by molar-refractivity contribution is 7.07. The van der Waals surface area contributed by atoms with Crippen molar-refractivity contribution in [2.75, 3.05) is 0 Å². The molecular formula is C22H12N6O5S. The van der Waals surface area contributed by atoms with Gasteiger partial charge in [-0.2, -0.15) is 10.5 Å². The van der Waals surface area contributed by atoms with Gasteiger partial charge in [0.05, 0.1) is 43.6 Å². The average Bonchev–Trinajstić information content (AvgIpc) is 3.15. The molecule has 2 aromatic carbocycles. The van der Waals surface area contributed by atoms with Crippen molar-refractivity contribution in [1.82, 2.24) is 4.57 Å². The molecule has 34 heavy (non-hydrogen) atoms. The summed E-state index contributed by atoms with van der Waals surface area (Å²) in [5.41, 5.74) is 6.43. The smallest absolute Gasteiger partial charge is 0.274 e. The lowest BCUT2D eigenvalue weighted by Gasteiger charge is -2.22. The van der Waals surface area contributed by atoms with Crippen molar-refractivity contribution in [3.8, 4) is 12.1 Å². The van der Waals surface area contributed by atoms with Crippen LogP contribution in [0.3, 0.4) is 0 Å². The fourth-order valence-corrected chi connectivity index (χ4v) is 4.75. The Morgan fingerprint density at radius 2 is 1.47 bits per heavy atom. The van der Waals surface area contributed by atoms with Crippen molar-refractivity contribution in [3.63, 3.8) is 0 Å². The van der Waals surface area contributed by atoms with Crippen LogP contribution >= 0.6 is 11.3 Å². The van der Waals surface area contributed by atoms with E-state index in [-0.39, 0.29) is 37.5 Å². The van der Waals surface area contributed by atoms with E-state index in [2.05, 4.69) is 6.07 Å². The zero-order valence-electron chi connectivity index (χ0n) is 17.0. The summed E-state index contributed by atoms with van der Waals surface area (Å²) in [6, 6.07) is 15.0. The molecule has 1 unspecified atom stereocenters. The molecule has 4 rings (SSSR count). The molecule has 2 heterocycles. The second-order valence-electron chi connectivity index (χ2n) is 7.12. The van der Waals surface area contributed by atoms with Gasteiger partial charge >= 0.3 is 0 Å². The van der Waals surface area contributed by atoms with Crippen molar-refractivity contribution in [2.45, 2.75) is 5.92 Å². The van der Waals surface area contributed by atoms with Gasteiger partial charge in [0, 0.05) is 24.3 Å². The zero-order chi connectivity index (χ0) is 24.6. The largest absolute Gasteiger partial charge is 0.384 e. The van der Waals surface area contributed by atoms with Gasteiger partial charge in [0.15, 0.2) is 0 Å². The molecule has 1 atom stereocenters. The number of nitrogens with two attached hydrogens (primary N) is 1. The number of hydrogen-bond acceptors (Lipinski definition) is 9. The summed E-state index contributed by atoms with van der Waals surface area (Å²) in [7, 11) is 0. The van der Waals surface area contributed by atoms with Crippen molar-refractivity contribution in [3.05, 3.63) is 105 Å². The summed E-state index contributed by atoms with van der Waals surface area (Å²) in [4.78, 5) is 33.8. The summed E-state index contributed by atoms with van der Waals surface area (Å²) in [5, 5.41) is 41.6. The highest BCUT2D eigenvalue weighted by Crippen LogP contribution is 2.36. The molecule has 3 aromatic rings. The van der Waals surface area contributed by atoms with Crippen LogP contribution in [0.25, 0.3) is 17.5 Å². The lowest BCUT2D eigenvalue weighted by molar-refractivity contribution is -0.385. The van der Waals surface area contributed by atoms with Gasteiger partial charge in [-0.15, -0.1) is 11.3 Å². The first-order chi connectivity index (χ1) is 16.3. The molecule has 11 nitrogen and oxygen atoms in total. The molecule has 166 valence electrons. The molecule has 0 saturated heterocycles. The predicted molar refractivity (Wildman–Crippen MR) is 122 cm³/mol. The fraction of sp³-hybridized carbons (Fsp3) is 0.0455. The predicted octanol–water partition coefficient (Wildman–Crippen LogP) is 1.68. The Bertz CT molecular complexity index is 1650. The van der Waals surface area contributed by atoms with Gasteiger partial charge < -0.3 is 5.73 Å². The van der Waals surface area contributed by atoms with Crippen LogP contribution in [0.1, 0.15) is 17.0 Å². The molecule has 0 amide bonds. The molecule has 1 aliphatic rings. The first-order valence-electron chi connectivity index (χ1n) is 9.53. The Kier molecular flexibility index (Phi) is 5.51. The van der Waals surface area contributed by atoms with Crippen molar-refractivity contribution in [1.29, 1.82) is 10.5 Å². The molecule has 1 aliphatic heterocycles. The van der Waals surface area contributed by atoms with E-state index in [1.807, 2.05) is 6.07 Å². The Labute approximate surface area is 194 Å². The molecule has 0 aliphatic carbocycles. The molecule has 0 fully saturated rings. The van der Waals surface area contributed by atoms with Crippen LogP contribution in [0.5, 0.6) is 0 Å². The minimum Gasteiger partial charge on any atom is -0.384 e. The number of nitrogens with zero attached hydrogens (tertiary/aromatic N) is 5. The van der Waals surface area contributed by atoms with Gasteiger partial charge in [-0.05, 0) is 29.3 Å². The van der Waals surface area contributed by atoms with Crippen molar-refractivity contribution < 1.29 is 9.85 Å². The van der Waals surface area contributed by atoms with Gasteiger partial charge in [0.1, 0.15) is 10.5 Å².